The average Bonchev–Trinajstić information content (AvgIpc) is 2.83. The minimum absolute atomic E-state index is 0.0732. The van der Waals surface area contributed by atoms with Crippen molar-refractivity contribution < 1.29 is 9.18 Å². The van der Waals surface area contributed by atoms with Crippen molar-refractivity contribution in [2.45, 2.75) is 13.5 Å². The monoisotopic (exact) mass is 350 g/mol. The second-order valence-corrected chi connectivity index (χ2v) is 6.49. The third-order valence-electron chi connectivity index (χ3n) is 4.32. The van der Waals surface area contributed by atoms with Gasteiger partial charge >= 0.3 is 0 Å². The molecule has 0 saturated carbocycles. The Labute approximate surface area is 145 Å². The van der Waals surface area contributed by atoms with E-state index < -0.39 is 0 Å². The predicted octanol–water partition coefficient (Wildman–Crippen LogP) is 2.42. The smallest absolute Gasteiger partial charge is 0.258 e. The first-order valence-electron chi connectivity index (χ1n) is 7.91. The molecule has 1 aromatic carbocycles. The van der Waals surface area contributed by atoms with E-state index in [9.17, 15) is 9.18 Å². The molecule has 0 atom stereocenters. The largest absolute Gasteiger partial charge is 0.336 e. The van der Waals surface area contributed by atoms with Gasteiger partial charge in [0.15, 0.2) is 0 Å². The summed E-state index contributed by atoms with van der Waals surface area (Å²) in [5, 5.41) is 4.73. The number of benzene rings is 1. The lowest BCUT2D eigenvalue weighted by atomic mass is 10.2. The molecule has 0 unspecified atom stereocenters. The van der Waals surface area contributed by atoms with E-state index in [2.05, 4.69) is 10.00 Å². The zero-order chi connectivity index (χ0) is 17.3. The van der Waals surface area contributed by atoms with Crippen LogP contribution in [-0.2, 0) is 6.54 Å². The van der Waals surface area contributed by atoms with Crippen molar-refractivity contribution in [3.05, 3.63) is 52.1 Å². The fourth-order valence-corrected chi connectivity index (χ4v) is 3.15. The lowest BCUT2D eigenvalue weighted by Crippen LogP contribution is -2.47. The van der Waals surface area contributed by atoms with Crippen molar-refractivity contribution >= 4 is 17.5 Å². The molecule has 2 heterocycles. The van der Waals surface area contributed by atoms with Crippen LogP contribution < -0.4 is 0 Å². The van der Waals surface area contributed by atoms with Crippen molar-refractivity contribution in [1.29, 1.82) is 0 Å². The summed E-state index contributed by atoms with van der Waals surface area (Å²) in [6.07, 6.45) is 0. The van der Waals surface area contributed by atoms with E-state index in [1.54, 1.807) is 23.7 Å². The minimum atomic E-state index is -0.285. The van der Waals surface area contributed by atoms with Crippen LogP contribution in [0.25, 0.3) is 0 Å². The number of hydrogen-bond acceptors (Lipinski definition) is 3. The Morgan fingerprint density at radius 2 is 1.83 bits per heavy atom. The third-order valence-corrected chi connectivity index (χ3v) is 4.70. The van der Waals surface area contributed by atoms with Gasteiger partial charge in [-0.2, -0.15) is 5.10 Å². The highest BCUT2D eigenvalue weighted by Crippen LogP contribution is 2.23. The van der Waals surface area contributed by atoms with Crippen LogP contribution >= 0.6 is 11.6 Å². The highest BCUT2D eigenvalue weighted by Gasteiger charge is 2.27. The van der Waals surface area contributed by atoms with Crippen molar-refractivity contribution in [3.8, 4) is 0 Å². The van der Waals surface area contributed by atoms with Crippen LogP contribution in [0, 0.1) is 12.7 Å². The van der Waals surface area contributed by atoms with Crippen LogP contribution in [0.4, 0.5) is 4.39 Å². The van der Waals surface area contributed by atoms with Crippen molar-refractivity contribution in [1.82, 2.24) is 19.6 Å². The van der Waals surface area contributed by atoms with E-state index in [0.717, 1.165) is 18.7 Å². The summed E-state index contributed by atoms with van der Waals surface area (Å²) < 4.78 is 14.6. The first-order chi connectivity index (χ1) is 11.5. The first kappa shape index (κ1) is 16.9. The van der Waals surface area contributed by atoms with Crippen molar-refractivity contribution in [2.24, 2.45) is 0 Å². The molecule has 3 rings (SSSR count). The standard InChI is InChI=1S/C17H20ClFN4O/c1-12-15(17(24)22-9-7-21(2)8-10-22)16(18)23(20-12)11-13-3-5-14(19)6-4-13/h3-6H,7-11H2,1-2H3. The van der Waals surface area contributed by atoms with E-state index in [1.807, 2.05) is 11.9 Å². The van der Waals surface area contributed by atoms with Gasteiger partial charge in [-0.25, -0.2) is 9.07 Å². The Morgan fingerprint density at radius 3 is 2.46 bits per heavy atom. The number of aromatic nitrogens is 2. The molecule has 0 bridgehead atoms. The number of likely N-dealkylation sites (N-methyl/N-ethyl adjacent to an activating group) is 1. The highest BCUT2D eigenvalue weighted by molar-refractivity contribution is 6.33. The van der Waals surface area contributed by atoms with Gasteiger partial charge in [-0.3, -0.25) is 4.79 Å². The molecular formula is C17H20ClFN4O. The summed E-state index contributed by atoms with van der Waals surface area (Å²) in [4.78, 5) is 16.8. The summed E-state index contributed by atoms with van der Waals surface area (Å²) in [7, 11) is 2.04. The number of carbonyl (C=O) groups excluding carboxylic acids is 1. The summed E-state index contributed by atoms with van der Waals surface area (Å²) in [5.74, 6) is -0.358. The van der Waals surface area contributed by atoms with Crippen LogP contribution in [0.3, 0.4) is 0 Å². The van der Waals surface area contributed by atoms with Crippen LogP contribution in [0.15, 0.2) is 24.3 Å². The number of amides is 1. The van der Waals surface area contributed by atoms with E-state index in [1.165, 1.54) is 12.1 Å². The molecular weight excluding hydrogens is 331 g/mol. The van der Waals surface area contributed by atoms with Gasteiger partial charge in [0.25, 0.3) is 5.91 Å². The zero-order valence-corrected chi connectivity index (χ0v) is 14.6. The summed E-state index contributed by atoms with van der Waals surface area (Å²) in [5.41, 5.74) is 1.95. The molecule has 128 valence electrons. The van der Waals surface area contributed by atoms with Gasteiger partial charge < -0.3 is 9.80 Å². The molecule has 7 heteroatoms. The quantitative estimate of drug-likeness (QED) is 0.853. The molecule has 1 aliphatic heterocycles. The van der Waals surface area contributed by atoms with E-state index in [4.69, 9.17) is 11.6 Å². The number of rotatable bonds is 3. The van der Waals surface area contributed by atoms with Gasteiger partial charge in [0.1, 0.15) is 11.0 Å². The zero-order valence-electron chi connectivity index (χ0n) is 13.8. The Balaban J connectivity index is 1.81. The maximum Gasteiger partial charge on any atom is 0.258 e. The normalized spacial score (nSPS) is 15.8. The molecule has 2 aromatic rings. The average molecular weight is 351 g/mol. The number of hydrogen-bond donors (Lipinski definition) is 0. The first-order valence-corrected chi connectivity index (χ1v) is 8.28. The molecule has 0 spiro atoms. The summed E-state index contributed by atoms with van der Waals surface area (Å²) >= 11 is 6.42. The van der Waals surface area contributed by atoms with Crippen molar-refractivity contribution in [2.75, 3.05) is 33.2 Å². The van der Waals surface area contributed by atoms with Crippen LogP contribution in [0.1, 0.15) is 21.6 Å². The second kappa shape index (κ2) is 6.91. The Morgan fingerprint density at radius 1 is 1.21 bits per heavy atom. The lowest BCUT2D eigenvalue weighted by Gasteiger charge is -2.32. The third kappa shape index (κ3) is 3.44. The van der Waals surface area contributed by atoms with Gasteiger partial charge in [-0.05, 0) is 31.7 Å². The second-order valence-electron chi connectivity index (χ2n) is 6.13. The number of aryl methyl sites for hydroxylation is 1. The molecule has 0 aliphatic carbocycles. The van der Waals surface area contributed by atoms with Gasteiger partial charge in [0.05, 0.1) is 17.8 Å². The SMILES string of the molecule is Cc1nn(Cc2ccc(F)cc2)c(Cl)c1C(=O)N1CCN(C)CC1. The highest BCUT2D eigenvalue weighted by atomic mass is 35.5. The molecule has 1 aromatic heterocycles. The van der Waals surface area contributed by atoms with Crippen LogP contribution in [0.5, 0.6) is 0 Å². The van der Waals surface area contributed by atoms with Gasteiger partial charge in [0.2, 0.25) is 0 Å². The van der Waals surface area contributed by atoms with E-state index in [-0.39, 0.29) is 11.7 Å². The van der Waals surface area contributed by atoms with Gasteiger partial charge in [-0.1, -0.05) is 23.7 Å². The maximum absolute atomic E-state index is 13.0. The topological polar surface area (TPSA) is 41.4 Å². The molecule has 1 saturated heterocycles. The fraction of sp³-hybridized carbons (Fsp3) is 0.412. The Hall–Kier alpha value is -1.92. The molecule has 1 amide bonds. The van der Waals surface area contributed by atoms with Gasteiger partial charge in [0, 0.05) is 26.2 Å². The number of halogens is 2. The number of carbonyl (C=O) groups is 1. The molecule has 24 heavy (non-hydrogen) atoms. The summed E-state index contributed by atoms with van der Waals surface area (Å²) in [6.45, 7) is 5.27. The van der Waals surface area contributed by atoms with Crippen molar-refractivity contribution in [3.63, 3.8) is 0 Å². The van der Waals surface area contributed by atoms with E-state index >= 15 is 0 Å². The molecule has 1 fully saturated rings. The predicted molar refractivity (Wildman–Crippen MR) is 90.9 cm³/mol. The van der Waals surface area contributed by atoms with Crippen LogP contribution in [-0.4, -0.2) is 58.7 Å². The lowest BCUT2D eigenvalue weighted by molar-refractivity contribution is 0.0663. The Kier molecular flexibility index (Phi) is 4.87. The molecule has 1 aliphatic rings. The number of piperazine rings is 1. The Bertz CT molecular complexity index is 736. The summed E-state index contributed by atoms with van der Waals surface area (Å²) in [6, 6.07) is 6.17. The number of nitrogens with zero attached hydrogens (tertiary/aromatic N) is 4. The maximum atomic E-state index is 13.0. The fourth-order valence-electron chi connectivity index (χ4n) is 2.83. The molecule has 0 radical (unpaired) electrons. The minimum Gasteiger partial charge on any atom is -0.336 e. The molecule has 0 N–H and O–H groups in total. The molecule has 5 nitrogen and oxygen atoms in total. The van der Waals surface area contributed by atoms with Crippen LogP contribution in [0.2, 0.25) is 5.15 Å². The van der Waals surface area contributed by atoms with E-state index in [0.29, 0.717) is 36.0 Å². The van der Waals surface area contributed by atoms with Gasteiger partial charge in [-0.15, -0.1) is 0 Å².